The molecule has 0 aliphatic rings. The van der Waals surface area contributed by atoms with Gasteiger partial charge in [0.25, 0.3) is 0 Å². The fourth-order valence-electron chi connectivity index (χ4n) is 1.94. The number of amides is 1. The Morgan fingerprint density at radius 3 is 2.25 bits per heavy atom. The first-order chi connectivity index (χ1) is 9.32. The van der Waals surface area contributed by atoms with Crippen LogP contribution in [-0.4, -0.2) is 43.8 Å². The maximum Gasteiger partial charge on any atom is 0.223 e. The van der Waals surface area contributed by atoms with E-state index in [-0.39, 0.29) is 17.4 Å². The van der Waals surface area contributed by atoms with Gasteiger partial charge in [-0.05, 0) is 52.2 Å². The maximum absolute atomic E-state index is 14.1. The first-order valence-corrected chi connectivity index (χ1v) is 6.56. The van der Waals surface area contributed by atoms with Crippen LogP contribution in [0.15, 0.2) is 18.2 Å². The second kappa shape index (κ2) is 7.14. The van der Waals surface area contributed by atoms with Crippen LogP contribution in [0.2, 0.25) is 0 Å². The van der Waals surface area contributed by atoms with Crippen molar-refractivity contribution in [2.45, 2.75) is 20.3 Å². The lowest BCUT2D eigenvalue weighted by molar-refractivity contribution is -0.116. The molecule has 0 bridgehead atoms. The van der Waals surface area contributed by atoms with E-state index in [1.165, 1.54) is 30.9 Å². The minimum Gasteiger partial charge on any atom is -0.310 e. The fourth-order valence-corrected chi connectivity index (χ4v) is 1.94. The van der Waals surface area contributed by atoms with Gasteiger partial charge in [-0.3, -0.25) is 9.59 Å². The second-order valence-electron chi connectivity index (χ2n) is 5.05. The molecule has 0 fully saturated rings. The molecule has 0 saturated heterocycles. The Morgan fingerprint density at radius 2 is 1.80 bits per heavy atom. The summed E-state index contributed by atoms with van der Waals surface area (Å²) < 4.78 is 14.1. The summed E-state index contributed by atoms with van der Waals surface area (Å²) in [6.07, 6.45) is 0.750. The number of carbonyl (C=O) groups is 2. The van der Waals surface area contributed by atoms with E-state index >= 15 is 0 Å². The number of nitrogens with zero attached hydrogens (tertiary/aromatic N) is 2. The van der Waals surface area contributed by atoms with Crippen molar-refractivity contribution in [3.63, 3.8) is 0 Å². The third-order valence-corrected chi connectivity index (χ3v) is 3.01. The predicted octanol–water partition coefficient (Wildman–Crippen LogP) is 2.33. The van der Waals surface area contributed by atoms with Crippen LogP contribution in [0.25, 0.3) is 0 Å². The van der Waals surface area contributed by atoms with Gasteiger partial charge in [0, 0.05) is 19.0 Å². The molecule has 0 aromatic heterocycles. The van der Waals surface area contributed by atoms with Gasteiger partial charge in [0.05, 0.1) is 5.69 Å². The summed E-state index contributed by atoms with van der Waals surface area (Å²) in [6.45, 7) is 4.06. The number of ketones is 1. The molecule has 110 valence electrons. The molecule has 1 amide bonds. The SMILES string of the molecule is CC(=O)c1ccc(N(CCCN(C)C)C(C)=O)c(F)c1. The van der Waals surface area contributed by atoms with Crippen LogP contribution in [0.5, 0.6) is 0 Å². The molecule has 0 spiro atoms. The zero-order valence-electron chi connectivity index (χ0n) is 12.4. The fraction of sp³-hybridized carbons (Fsp3) is 0.467. The third kappa shape index (κ3) is 4.42. The van der Waals surface area contributed by atoms with Gasteiger partial charge in [0.1, 0.15) is 5.82 Å². The van der Waals surface area contributed by atoms with Crippen molar-refractivity contribution < 1.29 is 14.0 Å². The van der Waals surface area contributed by atoms with Gasteiger partial charge in [0.2, 0.25) is 5.91 Å². The molecule has 0 radical (unpaired) electrons. The van der Waals surface area contributed by atoms with E-state index in [0.717, 1.165) is 13.0 Å². The Labute approximate surface area is 119 Å². The normalized spacial score (nSPS) is 10.7. The molecule has 20 heavy (non-hydrogen) atoms. The van der Waals surface area contributed by atoms with Crippen molar-refractivity contribution in [1.82, 2.24) is 4.90 Å². The lowest BCUT2D eigenvalue weighted by Crippen LogP contribution is -2.32. The van der Waals surface area contributed by atoms with E-state index in [4.69, 9.17) is 0 Å². The minimum atomic E-state index is -0.544. The average molecular weight is 280 g/mol. The van der Waals surface area contributed by atoms with Crippen LogP contribution >= 0.6 is 0 Å². The largest absolute Gasteiger partial charge is 0.310 e. The van der Waals surface area contributed by atoms with Gasteiger partial charge in [0.15, 0.2) is 5.78 Å². The van der Waals surface area contributed by atoms with Crippen LogP contribution in [0.4, 0.5) is 10.1 Å². The highest BCUT2D eigenvalue weighted by Crippen LogP contribution is 2.21. The second-order valence-corrected chi connectivity index (χ2v) is 5.05. The van der Waals surface area contributed by atoms with Crippen molar-refractivity contribution in [3.8, 4) is 0 Å². The van der Waals surface area contributed by atoms with Crippen molar-refractivity contribution in [1.29, 1.82) is 0 Å². The van der Waals surface area contributed by atoms with Crippen LogP contribution in [0, 0.1) is 5.82 Å². The predicted molar refractivity (Wildman–Crippen MR) is 77.6 cm³/mol. The van der Waals surface area contributed by atoms with Gasteiger partial charge in [-0.1, -0.05) is 0 Å². The smallest absolute Gasteiger partial charge is 0.223 e. The number of benzene rings is 1. The lowest BCUT2D eigenvalue weighted by Gasteiger charge is -2.23. The Hall–Kier alpha value is -1.75. The summed E-state index contributed by atoms with van der Waals surface area (Å²) in [7, 11) is 3.89. The van der Waals surface area contributed by atoms with E-state index in [9.17, 15) is 14.0 Å². The number of hydrogen-bond donors (Lipinski definition) is 0. The summed E-state index contributed by atoms with van der Waals surface area (Å²) in [5.74, 6) is -0.951. The zero-order chi connectivity index (χ0) is 15.3. The van der Waals surface area contributed by atoms with Crippen LogP contribution in [-0.2, 0) is 4.79 Å². The first kappa shape index (κ1) is 16.3. The molecule has 1 aromatic carbocycles. The van der Waals surface area contributed by atoms with E-state index in [1.807, 2.05) is 19.0 Å². The molecular weight excluding hydrogens is 259 g/mol. The highest BCUT2D eigenvalue weighted by atomic mass is 19.1. The summed E-state index contributed by atoms with van der Waals surface area (Å²) >= 11 is 0. The van der Waals surface area contributed by atoms with Crippen LogP contribution in [0.3, 0.4) is 0 Å². The molecule has 0 unspecified atom stereocenters. The van der Waals surface area contributed by atoms with Crippen molar-refractivity contribution in [3.05, 3.63) is 29.6 Å². The van der Waals surface area contributed by atoms with Crippen molar-refractivity contribution >= 4 is 17.4 Å². The summed E-state index contributed by atoms with van der Waals surface area (Å²) in [4.78, 5) is 26.3. The molecule has 0 saturated carbocycles. The molecule has 0 heterocycles. The third-order valence-electron chi connectivity index (χ3n) is 3.01. The van der Waals surface area contributed by atoms with Gasteiger partial charge < -0.3 is 9.80 Å². The number of hydrogen-bond acceptors (Lipinski definition) is 3. The Balaban J connectivity index is 2.92. The van der Waals surface area contributed by atoms with Gasteiger partial charge in [-0.15, -0.1) is 0 Å². The number of carbonyl (C=O) groups excluding carboxylic acids is 2. The topological polar surface area (TPSA) is 40.6 Å². The Bertz CT molecular complexity index is 501. The number of Topliss-reactive ketones (excluding diaryl/α,β-unsaturated/α-hetero) is 1. The van der Waals surface area contributed by atoms with E-state index in [1.54, 1.807) is 6.07 Å². The standard InChI is InChI=1S/C15H21FN2O2/c1-11(19)13-6-7-15(14(16)10-13)18(12(2)20)9-5-8-17(3)4/h6-7,10H,5,8-9H2,1-4H3. The molecule has 0 N–H and O–H groups in total. The molecule has 0 aliphatic carbocycles. The first-order valence-electron chi connectivity index (χ1n) is 6.56. The highest BCUT2D eigenvalue weighted by molar-refractivity contribution is 5.96. The molecule has 4 nitrogen and oxygen atoms in total. The molecule has 0 aliphatic heterocycles. The number of rotatable bonds is 6. The number of halogens is 1. The van der Waals surface area contributed by atoms with E-state index in [0.29, 0.717) is 12.1 Å². The van der Waals surface area contributed by atoms with Gasteiger partial charge in [-0.25, -0.2) is 4.39 Å². The molecular formula is C15H21FN2O2. The summed E-state index contributed by atoms with van der Waals surface area (Å²) in [6, 6.07) is 4.21. The minimum absolute atomic E-state index is 0.197. The summed E-state index contributed by atoms with van der Waals surface area (Å²) in [5.41, 5.74) is 0.532. The molecule has 0 atom stereocenters. The van der Waals surface area contributed by atoms with E-state index in [2.05, 4.69) is 0 Å². The van der Waals surface area contributed by atoms with Crippen molar-refractivity contribution in [2.75, 3.05) is 32.1 Å². The van der Waals surface area contributed by atoms with Crippen LogP contribution < -0.4 is 4.90 Å². The quantitative estimate of drug-likeness (QED) is 0.751. The van der Waals surface area contributed by atoms with Crippen LogP contribution in [0.1, 0.15) is 30.6 Å². The Kier molecular flexibility index (Phi) is 5.82. The van der Waals surface area contributed by atoms with E-state index < -0.39 is 5.82 Å². The molecule has 5 heteroatoms. The zero-order valence-corrected chi connectivity index (χ0v) is 12.4. The van der Waals surface area contributed by atoms with Gasteiger partial charge in [-0.2, -0.15) is 0 Å². The summed E-state index contributed by atoms with van der Waals surface area (Å²) in [5, 5.41) is 0. The molecule has 1 rings (SSSR count). The molecule has 1 aromatic rings. The maximum atomic E-state index is 14.1. The average Bonchev–Trinajstić information content (AvgIpc) is 2.34. The highest BCUT2D eigenvalue weighted by Gasteiger charge is 2.16. The monoisotopic (exact) mass is 280 g/mol. The van der Waals surface area contributed by atoms with Crippen molar-refractivity contribution in [2.24, 2.45) is 0 Å². The number of anilines is 1. The lowest BCUT2D eigenvalue weighted by atomic mass is 10.1. The Morgan fingerprint density at radius 1 is 1.15 bits per heavy atom. The van der Waals surface area contributed by atoms with Gasteiger partial charge >= 0.3 is 0 Å².